The van der Waals surface area contributed by atoms with Gasteiger partial charge in [-0.25, -0.2) is 8.78 Å². The lowest BCUT2D eigenvalue weighted by Crippen LogP contribution is -2.43. The Hall–Kier alpha value is -3.31. The van der Waals surface area contributed by atoms with Gasteiger partial charge in [0.1, 0.15) is 10.1 Å². The monoisotopic (exact) mass is 464 g/mol. The number of para-hydroxylation sites is 2. The average molecular weight is 465 g/mol. The van der Waals surface area contributed by atoms with Crippen molar-refractivity contribution < 1.29 is 27.8 Å². The van der Waals surface area contributed by atoms with E-state index in [1.807, 2.05) is 0 Å². The second-order valence-corrected chi connectivity index (χ2v) is 7.88. The van der Waals surface area contributed by atoms with Crippen LogP contribution >= 0.6 is 22.9 Å². The summed E-state index contributed by atoms with van der Waals surface area (Å²) in [5.74, 6) is 2.01. The molecule has 12 heteroatoms. The SMILES string of the molecule is COc1ccccc1-n1nc(-c2ccc3c(c2)OCO3)n[n+]1-c1nc(C(F)F)c(Cl)s1. The molecule has 0 saturated carbocycles. The molecule has 1 aliphatic heterocycles. The number of methoxy groups -OCH3 is 1. The summed E-state index contributed by atoms with van der Waals surface area (Å²) in [6.45, 7) is 0.135. The van der Waals surface area contributed by atoms with Gasteiger partial charge in [-0.1, -0.05) is 28.7 Å². The smallest absolute Gasteiger partial charge is 0.366 e. The summed E-state index contributed by atoms with van der Waals surface area (Å²) in [4.78, 5) is 6.70. The van der Waals surface area contributed by atoms with E-state index in [-0.39, 0.29) is 16.3 Å². The van der Waals surface area contributed by atoms with Gasteiger partial charge < -0.3 is 14.2 Å². The van der Waals surface area contributed by atoms with E-state index in [1.165, 1.54) is 16.7 Å². The van der Waals surface area contributed by atoms with Crippen molar-refractivity contribution in [1.29, 1.82) is 0 Å². The van der Waals surface area contributed by atoms with Crippen LogP contribution < -0.4 is 19.0 Å². The Morgan fingerprint density at radius 1 is 1.19 bits per heavy atom. The number of hydrogen-bond acceptors (Lipinski definition) is 7. The summed E-state index contributed by atoms with van der Waals surface area (Å²) in [6, 6.07) is 12.4. The number of halogens is 3. The van der Waals surface area contributed by atoms with E-state index < -0.39 is 12.1 Å². The maximum atomic E-state index is 13.3. The molecule has 5 rings (SSSR count). The van der Waals surface area contributed by atoms with Crippen molar-refractivity contribution >= 4 is 22.9 Å². The van der Waals surface area contributed by atoms with Gasteiger partial charge in [0.25, 0.3) is 12.2 Å². The second-order valence-electron chi connectivity index (χ2n) is 6.30. The zero-order valence-electron chi connectivity index (χ0n) is 15.8. The predicted octanol–water partition coefficient (Wildman–Crippen LogP) is 4.00. The summed E-state index contributed by atoms with van der Waals surface area (Å²) < 4.78 is 42.6. The van der Waals surface area contributed by atoms with Crippen LogP contribution in [0.25, 0.3) is 22.2 Å². The maximum absolute atomic E-state index is 13.3. The van der Waals surface area contributed by atoms with Crippen LogP contribution in [-0.2, 0) is 0 Å². The Labute approximate surface area is 183 Å². The van der Waals surface area contributed by atoms with Crippen molar-refractivity contribution in [3.63, 3.8) is 0 Å². The van der Waals surface area contributed by atoms with Crippen LogP contribution in [0.15, 0.2) is 42.5 Å². The molecule has 0 spiro atoms. The van der Waals surface area contributed by atoms with E-state index in [4.69, 9.17) is 25.8 Å². The fourth-order valence-electron chi connectivity index (χ4n) is 3.03. The minimum Gasteiger partial charge on any atom is -0.494 e. The standard InChI is InChI=1S/C19H13ClF2N5O3S/c1-28-12-5-3-2-4-11(12)26-24-18(10-6-7-13-14(8-10)30-9-29-13)25-27(26)19-23-15(17(21)22)16(20)31-19/h2-8,17H,9H2,1H3/q+1. The molecule has 3 heterocycles. The number of fused-ring (bicyclic) bond motifs is 1. The highest BCUT2D eigenvalue weighted by atomic mass is 35.5. The molecule has 0 unspecified atom stereocenters. The number of alkyl halides is 2. The molecule has 0 fully saturated rings. The summed E-state index contributed by atoms with van der Waals surface area (Å²) in [5.41, 5.74) is 0.672. The summed E-state index contributed by atoms with van der Waals surface area (Å²) in [7, 11) is 1.52. The van der Waals surface area contributed by atoms with E-state index in [0.29, 0.717) is 34.3 Å². The van der Waals surface area contributed by atoms with Gasteiger partial charge in [-0.15, -0.1) is 0 Å². The number of rotatable bonds is 5. The molecule has 0 amide bonds. The first kappa shape index (κ1) is 19.6. The molecule has 0 aliphatic carbocycles. The molecule has 2 aromatic heterocycles. The normalized spacial score (nSPS) is 12.5. The first-order chi connectivity index (χ1) is 15.0. The molecular formula is C19H13ClF2N5O3S+. The van der Waals surface area contributed by atoms with Crippen LogP contribution in [0.4, 0.5) is 8.78 Å². The molecule has 4 aromatic rings. The molecule has 0 N–H and O–H groups in total. The number of ether oxygens (including phenoxy) is 3. The molecule has 0 atom stereocenters. The lowest BCUT2D eigenvalue weighted by molar-refractivity contribution is -0.734. The lowest BCUT2D eigenvalue weighted by Gasteiger charge is -2.05. The zero-order chi connectivity index (χ0) is 21.5. The Morgan fingerprint density at radius 2 is 2.00 bits per heavy atom. The van der Waals surface area contributed by atoms with Crippen molar-refractivity contribution in [1.82, 2.24) is 20.0 Å². The van der Waals surface area contributed by atoms with Crippen molar-refractivity contribution in [2.24, 2.45) is 0 Å². The van der Waals surface area contributed by atoms with E-state index >= 15 is 0 Å². The minimum atomic E-state index is -2.81. The quantitative estimate of drug-likeness (QED) is 0.416. The molecule has 158 valence electrons. The number of benzene rings is 2. The third kappa shape index (κ3) is 3.45. The molecule has 31 heavy (non-hydrogen) atoms. The van der Waals surface area contributed by atoms with Crippen LogP contribution in [-0.4, -0.2) is 33.9 Å². The van der Waals surface area contributed by atoms with Crippen LogP contribution in [0.3, 0.4) is 0 Å². The van der Waals surface area contributed by atoms with E-state index in [1.54, 1.807) is 42.5 Å². The van der Waals surface area contributed by atoms with E-state index in [2.05, 4.69) is 15.2 Å². The van der Waals surface area contributed by atoms with Gasteiger partial charge in [0.2, 0.25) is 12.5 Å². The number of hydrogen-bond donors (Lipinski definition) is 0. The van der Waals surface area contributed by atoms with Crippen molar-refractivity contribution in [2.45, 2.75) is 6.43 Å². The van der Waals surface area contributed by atoms with Crippen LogP contribution in [0.1, 0.15) is 12.1 Å². The van der Waals surface area contributed by atoms with E-state index in [9.17, 15) is 8.78 Å². The minimum absolute atomic E-state index is 0.114. The van der Waals surface area contributed by atoms with Gasteiger partial charge in [0.05, 0.1) is 7.11 Å². The molecule has 2 aromatic carbocycles. The number of tetrazole rings is 1. The van der Waals surface area contributed by atoms with Gasteiger partial charge >= 0.3 is 5.13 Å². The van der Waals surface area contributed by atoms with Crippen molar-refractivity contribution in [2.75, 3.05) is 13.9 Å². The first-order valence-corrected chi connectivity index (χ1v) is 10.1. The number of thiazole rings is 1. The lowest BCUT2D eigenvalue weighted by atomic mass is 10.2. The van der Waals surface area contributed by atoms with Crippen LogP contribution in [0.5, 0.6) is 17.2 Å². The van der Waals surface area contributed by atoms with Gasteiger partial charge in [-0.05, 0) is 56.4 Å². The fraction of sp³-hybridized carbons (Fsp3) is 0.158. The maximum Gasteiger partial charge on any atom is 0.366 e. The summed E-state index contributed by atoms with van der Waals surface area (Å²) in [6.07, 6.45) is -2.81. The van der Waals surface area contributed by atoms with Crippen molar-refractivity contribution in [3.05, 3.63) is 52.5 Å². The Bertz CT molecular complexity index is 1280. The van der Waals surface area contributed by atoms with E-state index in [0.717, 1.165) is 11.3 Å². The Kier molecular flexibility index (Phi) is 4.91. The topological polar surface area (TPSA) is 75.2 Å². The highest BCUT2D eigenvalue weighted by Gasteiger charge is 2.31. The molecule has 0 radical (unpaired) electrons. The fourth-order valence-corrected chi connectivity index (χ4v) is 4.11. The second kappa shape index (κ2) is 7.75. The van der Waals surface area contributed by atoms with Crippen LogP contribution in [0, 0.1) is 0 Å². The number of nitrogens with zero attached hydrogens (tertiary/aromatic N) is 5. The van der Waals surface area contributed by atoms with Crippen molar-refractivity contribution in [3.8, 4) is 39.5 Å². The average Bonchev–Trinajstić information content (AvgIpc) is 3.50. The third-order valence-corrected chi connectivity index (χ3v) is 5.72. The third-order valence-electron chi connectivity index (χ3n) is 4.47. The zero-order valence-corrected chi connectivity index (χ0v) is 17.4. The molecule has 0 saturated heterocycles. The highest BCUT2D eigenvalue weighted by molar-refractivity contribution is 7.17. The van der Waals surface area contributed by atoms with Crippen LogP contribution in [0.2, 0.25) is 4.34 Å². The molecule has 8 nitrogen and oxygen atoms in total. The molecule has 1 aliphatic rings. The summed E-state index contributed by atoms with van der Waals surface area (Å²) in [5, 5.41) is 9.21. The van der Waals surface area contributed by atoms with Gasteiger partial charge in [0, 0.05) is 10.7 Å². The largest absolute Gasteiger partial charge is 0.494 e. The molecule has 0 bridgehead atoms. The number of aromatic nitrogens is 5. The predicted molar refractivity (Wildman–Crippen MR) is 107 cm³/mol. The summed E-state index contributed by atoms with van der Waals surface area (Å²) >= 11 is 6.86. The van der Waals surface area contributed by atoms with Gasteiger partial charge in [0.15, 0.2) is 17.2 Å². The highest BCUT2D eigenvalue weighted by Crippen LogP contribution is 2.35. The van der Waals surface area contributed by atoms with Gasteiger partial charge in [-0.3, -0.25) is 0 Å². The first-order valence-electron chi connectivity index (χ1n) is 8.93. The molecular weight excluding hydrogens is 452 g/mol. The Balaban J connectivity index is 1.70. The van der Waals surface area contributed by atoms with Gasteiger partial charge in [-0.2, -0.15) is 0 Å². The Morgan fingerprint density at radius 3 is 2.77 bits per heavy atom.